The van der Waals surface area contributed by atoms with Crippen LogP contribution in [0, 0.1) is 0 Å². The van der Waals surface area contributed by atoms with Gasteiger partial charge in [-0.1, -0.05) is 29.8 Å². The van der Waals surface area contributed by atoms with E-state index >= 15 is 0 Å². The van der Waals surface area contributed by atoms with Gasteiger partial charge in [0.1, 0.15) is 10.7 Å². The number of hydrogen-bond donors (Lipinski definition) is 2. The first-order chi connectivity index (χ1) is 7.20. The molecule has 1 aromatic rings. The first-order valence-electron chi connectivity index (χ1n) is 4.60. The summed E-state index contributed by atoms with van der Waals surface area (Å²) in [6.07, 6.45) is 7.74. The van der Waals surface area contributed by atoms with Gasteiger partial charge in [-0.15, -0.1) is 0 Å². The van der Waals surface area contributed by atoms with Crippen molar-refractivity contribution >= 4 is 22.9 Å². The summed E-state index contributed by atoms with van der Waals surface area (Å²) < 4.78 is 0. The Morgan fingerprint density at radius 2 is 2.33 bits per heavy atom. The fourth-order valence-electron chi connectivity index (χ4n) is 1.49. The molecule has 3 N–H and O–H groups in total. The number of nitrogen functional groups attached to an aromatic ring is 1. The lowest BCUT2D eigenvalue weighted by Gasteiger charge is -2.10. The number of nitrogens with one attached hydrogen (secondary N) is 1. The average Bonchev–Trinajstić information content (AvgIpc) is 2.27. The fourth-order valence-corrected chi connectivity index (χ4v) is 1.62. The van der Waals surface area contributed by atoms with E-state index in [0.717, 1.165) is 18.4 Å². The van der Waals surface area contributed by atoms with Crippen LogP contribution in [0.4, 0.5) is 5.69 Å². The molecule has 0 atom stereocenters. The molecule has 1 heterocycles. The van der Waals surface area contributed by atoms with Crippen molar-refractivity contribution in [2.45, 2.75) is 12.8 Å². The highest BCUT2D eigenvalue weighted by Crippen LogP contribution is 2.27. The van der Waals surface area contributed by atoms with Gasteiger partial charge in [-0.25, -0.2) is 5.10 Å². The highest BCUT2D eigenvalue weighted by atomic mass is 35.5. The third-order valence-corrected chi connectivity index (χ3v) is 2.65. The summed E-state index contributed by atoms with van der Waals surface area (Å²) in [4.78, 5) is 11.1. The van der Waals surface area contributed by atoms with Gasteiger partial charge in [-0.3, -0.25) is 4.79 Å². The van der Waals surface area contributed by atoms with E-state index in [4.69, 9.17) is 17.3 Å². The highest BCUT2D eigenvalue weighted by molar-refractivity contribution is 6.33. The summed E-state index contributed by atoms with van der Waals surface area (Å²) in [5.74, 6) is 0. The Labute approximate surface area is 91.4 Å². The maximum atomic E-state index is 11.1. The predicted molar refractivity (Wildman–Crippen MR) is 60.6 cm³/mol. The van der Waals surface area contributed by atoms with E-state index in [1.54, 1.807) is 0 Å². The molecule has 78 valence electrons. The van der Waals surface area contributed by atoms with Crippen molar-refractivity contribution in [3.8, 4) is 0 Å². The lowest BCUT2D eigenvalue weighted by atomic mass is 10.0. The van der Waals surface area contributed by atoms with Crippen molar-refractivity contribution in [2.24, 2.45) is 0 Å². The Morgan fingerprint density at radius 3 is 3.00 bits per heavy atom. The zero-order chi connectivity index (χ0) is 10.8. The van der Waals surface area contributed by atoms with Gasteiger partial charge in [-0.2, -0.15) is 5.10 Å². The molecule has 0 fully saturated rings. The molecule has 15 heavy (non-hydrogen) atoms. The zero-order valence-electron chi connectivity index (χ0n) is 7.96. The Hall–Kier alpha value is -1.55. The Morgan fingerprint density at radius 1 is 1.53 bits per heavy atom. The van der Waals surface area contributed by atoms with E-state index in [-0.39, 0.29) is 10.7 Å². The van der Waals surface area contributed by atoms with Gasteiger partial charge in [-0.05, 0) is 18.4 Å². The minimum absolute atomic E-state index is 0.00968. The molecule has 2 rings (SSSR count). The molecule has 0 aliphatic heterocycles. The number of anilines is 1. The number of hydrogen-bond acceptors (Lipinski definition) is 3. The second-order valence-electron chi connectivity index (χ2n) is 3.29. The van der Waals surface area contributed by atoms with Crippen molar-refractivity contribution in [1.82, 2.24) is 10.2 Å². The standard InChI is InChI=1S/C10H10ClN3O/c11-7-8(12)9(13-14-10(7)15)6-4-2-1-3-5-6/h1-2,4H,3,5H2,(H3,12,14,15). The molecule has 0 bridgehead atoms. The summed E-state index contributed by atoms with van der Waals surface area (Å²) >= 11 is 5.75. The van der Waals surface area contributed by atoms with Crippen LogP contribution in [-0.2, 0) is 0 Å². The number of halogens is 1. The summed E-state index contributed by atoms with van der Waals surface area (Å²) in [6.45, 7) is 0. The van der Waals surface area contributed by atoms with E-state index in [0.29, 0.717) is 5.69 Å². The van der Waals surface area contributed by atoms with Gasteiger partial charge < -0.3 is 5.73 Å². The molecule has 0 unspecified atom stereocenters. The number of allylic oxidation sites excluding steroid dienone is 4. The van der Waals surface area contributed by atoms with Crippen LogP contribution >= 0.6 is 11.6 Å². The average molecular weight is 224 g/mol. The van der Waals surface area contributed by atoms with Crippen LogP contribution < -0.4 is 11.3 Å². The van der Waals surface area contributed by atoms with Gasteiger partial charge in [0.2, 0.25) is 0 Å². The number of nitrogens with zero attached hydrogens (tertiary/aromatic N) is 1. The Bertz CT molecular complexity index is 502. The minimum atomic E-state index is -0.454. The molecule has 1 aliphatic rings. The second-order valence-corrected chi connectivity index (χ2v) is 3.67. The molecule has 1 aliphatic carbocycles. The molecule has 0 saturated heterocycles. The molecule has 0 spiro atoms. The number of aromatic nitrogens is 2. The van der Waals surface area contributed by atoms with E-state index in [2.05, 4.69) is 16.3 Å². The predicted octanol–water partition coefficient (Wildman–Crippen LogP) is 1.74. The summed E-state index contributed by atoms with van der Waals surface area (Å²) in [7, 11) is 0. The SMILES string of the molecule is Nc1c(C2=CC=CCC2)n[nH]c(=O)c1Cl. The van der Waals surface area contributed by atoms with E-state index < -0.39 is 5.56 Å². The highest BCUT2D eigenvalue weighted by Gasteiger charge is 2.13. The van der Waals surface area contributed by atoms with E-state index in [1.807, 2.05) is 12.2 Å². The van der Waals surface area contributed by atoms with Gasteiger partial charge in [0.05, 0.1) is 5.69 Å². The Kier molecular flexibility index (Phi) is 2.60. The van der Waals surface area contributed by atoms with Crippen LogP contribution in [0.25, 0.3) is 5.57 Å². The lowest BCUT2D eigenvalue weighted by Crippen LogP contribution is -2.14. The largest absolute Gasteiger partial charge is 0.396 e. The molecule has 0 radical (unpaired) electrons. The van der Waals surface area contributed by atoms with Gasteiger partial charge in [0.25, 0.3) is 5.56 Å². The van der Waals surface area contributed by atoms with Crippen molar-refractivity contribution in [3.05, 3.63) is 39.3 Å². The third-order valence-electron chi connectivity index (χ3n) is 2.28. The molecular formula is C10H10ClN3O. The monoisotopic (exact) mass is 223 g/mol. The summed E-state index contributed by atoms with van der Waals surface area (Å²) in [5.41, 5.74) is 7.10. The smallest absolute Gasteiger partial charge is 0.285 e. The van der Waals surface area contributed by atoms with Gasteiger partial charge in [0.15, 0.2) is 0 Å². The molecule has 4 nitrogen and oxygen atoms in total. The first-order valence-corrected chi connectivity index (χ1v) is 4.97. The van der Waals surface area contributed by atoms with Crippen molar-refractivity contribution in [3.63, 3.8) is 0 Å². The Balaban J connectivity index is 2.54. The summed E-state index contributed by atoms with van der Waals surface area (Å²) in [5, 5.41) is 6.25. The van der Waals surface area contributed by atoms with Gasteiger partial charge >= 0.3 is 0 Å². The van der Waals surface area contributed by atoms with Crippen molar-refractivity contribution < 1.29 is 0 Å². The van der Waals surface area contributed by atoms with Gasteiger partial charge in [0, 0.05) is 0 Å². The number of H-pyrrole nitrogens is 1. The lowest BCUT2D eigenvalue weighted by molar-refractivity contribution is 0.951. The second kappa shape index (κ2) is 3.90. The zero-order valence-corrected chi connectivity index (χ0v) is 8.71. The maximum absolute atomic E-state index is 11.1. The molecule has 0 saturated carbocycles. The van der Waals surface area contributed by atoms with Crippen LogP contribution in [0.2, 0.25) is 5.02 Å². The normalized spacial score (nSPS) is 15.1. The quantitative estimate of drug-likeness (QED) is 0.762. The van der Waals surface area contributed by atoms with Crippen molar-refractivity contribution in [1.29, 1.82) is 0 Å². The van der Waals surface area contributed by atoms with Crippen LogP contribution in [0.15, 0.2) is 23.0 Å². The van der Waals surface area contributed by atoms with Crippen molar-refractivity contribution in [2.75, 3.05) is 5.73 Å². The molecule has 0 aromatic carbocycles. The first kappa shape index (κ1) is 9.98. The van der Waals surface area contributed by atoms with Crippen LogP contribution in [0.3, 0.4) is 0 Å². The third kappa shape index (κ3) is 1.80. The molecule has 1 aromatic heterocycles. The molecule has 5 heteroatoms. The number of aromatic amines is 1. The topological polar surface area (TPSA) is 71.8 Å². The number of nitrogens with two attached hydrogens (primary N) is 1. The summed E-state index contributed by atoms with van der Waals surface area (Å²) in [6, 6.07) is 0. The van der Waals surface area contributed by atoms with Crippen LogP contribution in [0.5, 0.6) is 0 Å². The number of rotatable bonds is 1. The van der Waals surface area contributed by atoms with Crippen LogP contribution in [-0.4, -0.2) is 10.2 Å². The van der Waals surface area contributed by atoms with E-state index in [1.165, 1.54) is 0 Å². The van der Waals surface area contributed by atoms with E-state index in [9.17, 15) is 4.79 Å². The molecular weight excluding hydrogens is 214 g/mol. The fraction of sp³-hybridized carbons (Fsp3) is 0.200. The molecule has 0 amide bonds. The minimum Gasteiger partial charge on any atom is -0.396 e. The maximum Gasteiger partial charge on any atom is 0.285 e. The van der Waals surface area contributed by atoms with Crippen LogP contribution in [0.1, 0.15) is 18.5 Å².